The van der Waals surface area contributed by atoms with Crippen molar-refractivity contribution in [3.8, 4) is 0 Å². The zero-order chi connectivity index (χ0) is 18.7. The van der Waals surface area contributed by atoms with E-state index >= 15 is 0 Å². The molecule has 0 unspecified atom stereocenters. The van der Waals surface area contributed by atoms with Gasteiger partial charge in [-0.2, -0.15) is 0 Å². The van der Waals surface area contributed by atoms with Gasteiger partial charge in [-0.3, -0.25) is 4.72 Å². The number of para-hydroxylation sites is 1. The van der Waals surface area contributed by atoms with Crippen molar-refractivity contribution in [1.29, 1.82) is 0 Å². The van der Waals surface area contributed by atoms with Gasteiger partial charge in [0.05, 0.1) is 11.0 Å². The zero-order valence-electron chi connectivity index (χ0n) is 15.9. The Labute approximate surface area is 158 Å². The van der Waals surface area contributed by atoms with E-state index in [1.54, 1.807) is 11.9 Å². The molecule has 0 amide bonds. The average Bonchev–Trinajstić information content (AvgIpc) is 2.97. The van der Waals surface area contributed by atoms with E-state index in [1.807, 2.05) is 32.2 Å². The van der Waals surface area contributed by atoms with Crippen molar-refractivity contribution in [1.82, 2.24) is 19.3 Å². The van der Waals surface area contributed by atoms with Crippen LogP contribution in [0.3, 0.4) is 0 Å². The molecule has 0 aliphatic heterocycles. The number of nitrogens with one attached hydrogen (secondary N) is 1. The molecule has 7 heteroatoms. The number of pyridine rings is 1. The van der Waals surface area contributed by atoms with Crippen molar-refractivity contribution < 1.29 is 4.74 Å². The van der Waals surface area contributed by atoms with Crippen LogP contribution in [0.1, 0.15) is 26.6 Å². The maximum atomic E-state index is 6.24. The number of ether oxygens (including phenoxy) is 1. The second kappa shape index (κ2) is 7.82. The Morgan fingerprint density at radius 2 is 2.04 bits per heavy atom. The van der Waals surface area contributed by atoms with Gasteiger partial charge in [0.2, 0.25) is 0 Å². The van der Waals surface area contributed by atoms with Crippen LogP contribution in [0.15, 0.2) is 24.3 Å². The minimum absolute atomic E-state index is 0.0708. The van der Waals surface area contributed by atoms with Crippen molar-refractivity contribution in [3.63, 3.8) is 0 Å². The van der Waals surface area contributed by atoms with E-state index in [4.69, 9.17) is 15.5 Å². The van der Waals surface area contributed by atoms with Gasteiger partial charge in [0.25, 0.3) is 0 Å². The van der Waals surface area contributed by atoms with Crippen LogP contribution in [-0.2, 0) is 17.9 Å². The molecular weight excluding hydrogens is 346 g/mol. The number of hydrogen-bond acceptors (Lipinski definition) is 6. The van der Waals surface area contributed by atoms with Crippen LogP contribution in [0.5, 0.6) is 0 Å². The monoisotopic (exact) mass is 373 g/mol. The molecule has 3 aromatic rings. The highest BCUT2D eigenvalue weighted by Gasteiger charge is 2.24. The van der Waals surface area contributed by atoms with E-state index in [-0.39, 0.29) is 5.41 Å². The molecule has 0 aliphatic carbocycles. The lowest BCUT2D eigenvalue weighted by atomic mass is 9.96. The number of rotatable bonds is 8. The van der Waals surface area contributed by atoms with Crippen LogP contribution in [0.25, 0.3) is 21.9 Å². The standard InChI is InChI=1S/C19H27N5OS/c1-5-25-10-15-23-16-17(24(15)11-19(2,3)12-26-21-4)13-8-6-7-9-14(13)22-18(16)20/h6-9,21H,5,10-12H2,1-4H3,(H2,20,22). The summed E-state index contributed by atoms with van der Waals surface area (Å²) in [5.41, 5.74) is 9.01. The van der Waals surface area contributed by atoms with Gasteiger partial charge in [0.1, 0.15) is 17.9 Å². The Morgan fingerprint density at radius 1 is 1.27 bits per heavy atom. The fourth-order valence-electron chi connectivity index (χ4n) is 3.12. The molecular formula is C19H27N5OS. The Bertz CT molecular complexity index is 906. The normalized spacial score (nSPS) is 12.3. The van der Waals surface area contributed by atoms with Crippen LogP contribution in [-0.4, -0.2) is 33.9 Å². The molecule has 0 atom stereocenters. The Morgan fingerprint density at radius 3 is 2.77 bits per heavy atom. The molecule has 0 spiro atoms. The molecule has 0 aliphatic rings. The quantitative estimate of drug-likeness (QED) is 0.588. The number of benzene rings is 1. The molecule has 3 rings (SSSR count). The number of fused-ring (bicyclic) bond motifs is 3. The van der Waals surface area contributed by atoms with Gasteiger partial charge >= 0.3 is 0 Å². The largest absolute Gasteiger partial charge is 0.382 e. The summed E-state index contributed by atoms with van der Waals surface area (Å²) in [5, 5.41) is 1.07. The third kappa shape index (κ3) is 3.79. The molecule has 0 radical (unpaired) electrons. The second-order valence-corrected chi connectivity index (χ2v) is 8.11. The molecule has 1 aromatic carbocycles. The predicted molar refractivity (Wildman–Crippen MR) is 110 cm³/mol. The van der Waals surface area contributed by atoms with Gasteiger partial charge in [-0.25, -0.2) is 9.97 Å². The van der Waals surface area contributed by atoms with Gasteiger partial charge in [0.15, 0.2) is 5.82 Å². The second-order valence-electron chi connectivity index (χ2n) is 7.12. The van der Waals surface area contributed by atoms with Crippen LogP contribution in [0.2, 0.25) is 0 Å². The van der Waals surface area contributed by atoms with Gasteiger partial charge in [-0.05, 0) is 25.5 Å². The molecule has 2 heterocycles. The Balaban J connectivity index is 2.19. The molecule has 3 N–H and O–H groups in total. The lowest BCUT2D eigenvalue weighted by Crippen LogP contribution is -2.25. The average molecular weight is 374 g/mol. The maximum Gasteiger partial charge on any atom is 0.152 e. The first kappa shape index (κ1) is 18.9. The van der Waals surface area contributed by atoms with Crippen LogP contribution in [0.4, 0.5) is 5.82 Å². The zero-order valence-corrected chi connectivity index (χ0v) is 16.7. The van der Waals surface area contributed by atoms with Crippen molar-refractivity contribution in [2.45, 2.75) is 33.9 Å². The Hall–Kier alpha value is -1.83. The molecule has 26 heavy (non-hydrogen) atoms. The number of nitrogens with two attached hydrogens (primary N) is 1. The fourth-order valence-corrected chi connectivity index (χ4v) is 3.75. The fraction of sp³-hybridized carbons (Fsp3) is 0.474. The molecule has 0 bridgehead atoms. The number of imidazole rings is 1. The number of nitrogen functional groups attached to an aromatic ring is 1. The summed E-state index contributed by atoms with van der Waals surface area (Å²) in [6, 6.07) is 8.09. The van der Waals surface area contributed by atoms with Crippen molar-refractivity contribution >= 4 is 39.7 Å². The maximum absolute atomic E-state index is 6.24. The summed E-state index contributed by atoms with van der Waals surface area (Å²) in [4.78, 5) is 9.32. The van der Waals surface area contributed by atoms with Gasteiger partial charge in [-0.1, -0.05) is 44.0 Å². The van der Waals surface area contributed by atoms with E-state index in [0.717, 1.165) is 40.1 Å². The van der Waals surface area contributed by atoms with E-state index < -0.39 is 0 Å². The number of anilines is 1. The smallest absolute Gasteiger partial charge is 0.152 e. The van der Waals surface area contributed by atoms with Gasteiger partial charge < -0.3 is 15.0 Å². The number of aromatic nitrogens is 3. The summed E-state index contributed by atoms with van der Waals surface area (Å²) in [7, 11) is 1.95. The molecule has 0 saturated heterocycles. The summed E-state index contributed by atoms with van der Waals surface area (Å²) >= 11 is 1.72. The summed E-state index contributed by atoms with van der Waals surface area (Å²) < 4.78 is 11.1. The first-order chi connectivity index (χ1) is 12.5. The molecule has 6 nitrogen and oxygen atoms in total. The minimum atomic E-state index is 0.0708. The minimum Gasteiger partial charge on any atom is -0.382 e. The Kier molecular flexibility index (Phi) is 5.70. The highest BCUT2D eigenvalue weighted by atomic mass is 32.2. The lowest BCUT2D eigenvalue weighted by molar-refractivity contribution is 0.124. The van der Waals surface area contributed by atoms with Crippen molar-refractivity contribution in [3.05, 3.63) is 30.1 Å². The first-order valence-electron chi connectivity index (χ1n) is 8.86. The highest BCUT2D eigenvalue weighted by Crippen LogP contribution is 2.32. The van der Waals surface area contributed by atoms with Crippen LogP contribution < -0.4 is 10.5 Å². The third-order valence-corrected chi connectivity index (χ3v) is 5.53. The van der Waals surface area contributed by atoms with E-state index in [2.05, 4.69) is 34.2 Å². The molecule has 0 saturated carbocycles. The summed E-state index contributed by atoms with van der Waals surface area (Å²) in [6.45, 7) is 8.46. The van der Waals surface area contributed by atoms with Gasteiger partial charge in [-0.15, -0.1) is 0 Å². The van der Waals surface area contributed by atoms with E-state index in [0.29, 0.717) is 19.0 Å². The SMILES string of the molecule is CCOCc1nc2c(N)nc3ccccc3c2n1CC(C)(C)CSNC. The first-order valence-corrected chi connectivity index (χ1v) is 9.85. The van der Waals surface area contributed by atoms with Gasteiger partial charge in [0, 0.05) is 24.3 Å². The van der Waals surface area contributed by atoms with E-state index in [1.165, 1.54) is 0 Å². The topological polar surface area (TPSA) is 78.0 Å². The number of nitrogens with zero attached hydrogens (tertiary/aromatic N) is 3. The highest BCUT2D eigenvalue weighted by molar-refractivity contribution is 7.97. The van der Waals surface area contributed by atoms with Crippen molar-refractivity contribution in [2.75, 3.05) is 25.1 Å². The third-order valence-electron chi connectivity index (χ3n) is 4.32. The van der Waals surface area contributed by atoms with Crippen molar-refractivity contribution in [2.24, 2.45) is 5.41 Å². The number of hydrogen-bond donors (Lipinski definition) is 2. The molecule has 2 aromatic heterocycles. The summed E-state index contributed by atoms with van der Waals surface area (Å²) in [6.07, 6.45) is 0. The van der Waals surface area contributed by atoms with E-state index in [9.17, 15) is 0 Å². The van der Waals surface area contributed by atoms with Crippen LogP contribution in [0, 0.1) is 5.41 Å². The lowest BCUT2D eigenvalue weighted by Gasteiger charge is -2.26. The van der Waals surface area contributed by atoms with Crippen LogP contribution >= 0.6 is 11.9 Å². The predicted octanol–water partition coefficient (Wildman–Crippen LogP) is 3.60. The molecule has 140 valence electrons. The molecule has 0 fully saturated rings. The summed E-state index contributed by atoms with van der Waals surface area (Å²) in [5.74, 6) is 2.35.